The molecule has 3 aromatic rings. The molecular formula is C15H13Cl2N3O. The minimum Gasteiger partial charge on any atom is -0.396 e. The third-order valence-electron chi connectivity index (χ3n) is 3.33. The molecule has 2 heterocycles. The number of hydrogen-bond donors (Lipinski definition) is 2. The number of benzene rings is 1. The van der Waals surface area contributed by atoms with Crippen molar-refractivity contribution >= 4 is 34.1 Å². The monoisotopic (exact) mass is 321 g/mol. The smallest absolute Gasteiger partial charge is 0.0912 e. The summed E-state index contributed by atoms with van der Waals surface area (Å²) < 4.78 is 0. The lowest BCUT2D eigenvalue weighted by atomic mass is 10.0. The molecule has 0 radical (unpaired) electrons. The molecule has 0 aliphatic heterocycles. The van der Waals surface area contributed by atoms with Crippen molar-refractivity contribution in [3.8, 4) is 11.1 Å². The lowest BCUT2D eigenvalue weighted by Gasteiger charge is -2.10. The van der Waals surface area contributed by atoms with Gasteiger partial charge in [0.05, 0.1) is 21.8 Å². The zero-order valence-corrected chi connectivity index (χ0v) is 12.6. The van der Waals surface area contributed by atoms with Crippen LogP contribution in [-0.2, 0) is 6.42 Å². The molecule has 2 N–H and O–H groups in total. The van der Waals surface area contributed by atoms with Crippen molar-refractivity contribution in [3.05, 3.63) is 46.3 Å². The Morgan fingerprint density at radius 1 is 1.24 bits per heavy atom. The quantitative estimate of drug-likeness (QED) is 0.767. The second-order valence-electron chi connectivity index (χ2n) is 4.73. The molecule has 0 unspecified atom stereocenters. The van der Waals surface area contributed by atoms with E-state index in [2.05, 4.69) is 15.2 Å². The molecule has 2 aromatic heterocycles. The van der Waals surface area contributed by atoms with E-state index in [-0.39, 0.29) is 6.61 Å². The van der Waals surface area contributed by atoms with Gasteiger partial charge in [-0.05, 0) is 30.5 Å². The molecule has 0 fully saturated rings. The van der Waals surface area contributed by atoms with Gasteiger partial charge < -0.3 is 5.11 Å². The predicted molar refractivity (Wildman–Crippen MR) is 84.8 cm³/mol. The highest BCUT2D eigenvalue weighted by atomic mass is 35.5. The van der Waals surface area contributed by atoms with E-state index in [1.165, 1.54) is 0 Å². The van der Waals surface area contributed by atoms with Crippen LogP contribution in [0, 0.1) is 0 Å². The highest BCUT2D eigenvalue weighted by Crippen LogP contribution is 2.35. The standard InChI is InChI=1S/C15H13Cl2N3O/c16-13-4-3-11-12(9-7-18-19-8-9)6-10(2-1-5-21)20-15(11)14(13)17/h3-4,6-8,21H,1-2,5H2,(H,18,19). The van der Waals surface area contributed by atoms with Gasteiger partial charge in [0.1, 0.15) is 0 Å². The Morgan fingerprint density at radius 2 is 2.10 bits per heavy atom. The zero-order chi connectivity index (χ0) is 14.8. The average Bonchev–Trinajstić information content (AvgIpc) is 3.02. The number of aromatic nitrogens is 3. The largest absolute Gasteiger partial charge is 0.396 e. The number of nitrogens with zero attached hydrogens (tertiary/aromatic N) is 2. The summed E-state index contributed by atoms with van der Waals surface area (Å²) in [6, 6.07) is 5.69. The average molecular weight is 322 g/mol. The number of halogens is 2. The SMILES string of the molecule is OCCCc1cc(-c2cn[nH]c2)c2ccc(Cl)c(Cl)c2n1. The van der Waals surface area contributed by atoms with Gasteiger partial charge in [0.25, 0.3) is 0 Å². The number of hydrogen-bond acceptors (Lipinski definition) is 3. The number of fused-ring (bicyclic) bond motifs is 1. The van der Waals surface area contributed by atoms with Crippen molar-refractivity contribution in [1.29, 1.82) is 0 Å². The molecule has 0 amide bonds. The summed E-state index contributed by atoms with van der Waals surface area (Å²) in [4.78, 5) is 4.59. The van der Waals surface area contributed by atoms with E-state index < -0.39 is 0 Å². The number of nitrogens with one attached hydrogen (secondary N) is 1. The first-order valence-corrected chi connectivity index (χ1v) is 7.34. The topological polar surface area (TPSA) is 61.8 Å². The van der Waals surface area contributed by atoms with Crippen molar-refractivity contribution in [2.45, 2.75) is 12.8 Å². The molecule has 108 valence electrons. The van der Waals surface area contributed by atoms with Crippen LogP contribution in [0.25, 0.3) is 22.0 Å². The number of aliphatic hydroxyl groups excluding tert-OH is 1. The summed E-state index contributed by atoms with van der Waals surface area (Å²) in [5, 5.41) is 17.7. The minimum atomic E-state index is 0.129. The molecule has 0 saturated heterocycles. The highest BCUT2D eigenvalue weighted by molar-refractivity contribution is 6.45. The van der Waals surface area contributed by atoms with Crippen molar-refractivity contribution in [3.63, 3.8) is 0 Å². The lowest BCUT2D eigenvalue weighted by molar-refractivity contribution is 0.288. The molecule has 3 rings (SSSR count). The number of aromatic amines is 1. The van der Waals surface area contributed by atoms with E-state index in [1.54, 1.807) is 12.3 Å². The van der Waals surface area contributed by atoms with Gasteiger partial charge in [0.2, 0.25) is 0 Å². The summed E-state index contributed by atoms with van der Waals surface area (Å²) in [6.07, 6.45) is 4.92. The van der Waals surface area contributed by atoms with Gasteiger partial charge in [0, 0.05) is 29.4 Å². The maximum absolute atomic E-state index is 9.00. The summed E-state index contributed by atoms with van der Waals surface area (Å²) in [6.45, 7) is 0.129. The molecule has 21 heavy (non-hydrogen) atoms. The molecule has 0 bridgehead atoms. The lowest BCUT2D eigenvalue weighted by Crippen LogP contribution is -1.96. The Bertz CT molecular complexity index is 772. The second-order valence-corrected chi connectivity index (χ2v) is 5.52. The molecule has 0 spiro atoms. The van der Waals surface area contributed by atoms with E-state index >= 15 is 0 Å². The number of aliphatic hydroxyl groups is 1. The van der Waals surface area contributed by atoms with Crippen LogP contribution in [0.15, 0.2) is 30.6 Å². The fourth-order valence-corrected chi connectivity index (χ4v) is 2.67. The Hall–Kier alpha value is -1.62. The van der Waals surface area contributed by atoms with Crippen LogP contribution < -0.4 is 0 Å². The first-order valence-electron chi connectivity index (χ1n) is 6.58. The van der Waals surface area contributed by atoms with Crippen LogP contribution in [0.1, 0.15) is 12.1 Å². The maximum Gasteiger partial charge on any atom is 0.0912 e. The number of rotatable bonds is 4. The molecular weight excluding hydrogens is 309 g/mol. The Kier molecular flexibility index (Phi) is 4.10. The van der Waals surface area contributed by atoms with Crippen LogP contribution in [0.3, 0.4) is 0 Å². The minimum absolute atomic E-state index is 0.129. The van der Waals surface area contributed by atoms with Crippen LogP contribution in [0.5, 0.6) is 0 Å². The first kappa shape index (κ1) is 14.3. The third kappa shape index (κ3) is 2.75. The van der Waals surface area contributed by atoms with Crippen LogP contribution in [0.2, 0.25) is 10.0 Å². The van der Waals surface area contributed by atoms with E-state index in [1.807, 2.05) is 18.3 Å². The maximum atomic E-state index is 9.00. The van der Waals surface area contributed by atoms with Gasteiger partial charge in [-0.25, -0.2) is 0 Å². The normalized spacial score (nSPS) is 11.2. The molecule has 6 heteroatoms. The molecule has 0 atom stereocenters. The Labute approximate surface area is 131 Å². The van der Waals surface area contributed by atoms with E-state index in [4.69, 9.17) is 28.3 Å². The summed E-state index contributed by atoms with van der Waals surface area (Å²) >= 11 is 12.4. The van der Waals surface area contributed by atoms with E-state index in [9.17, 15) is 0 Å². The van der Waals surface area contributed by atoms with Gasteiger partial charge in [-0.1, -0.05) is 29.3 Å². The number of H-pyrrole nitrogens is 1. The van der Waals surface area contributed by atoms with Gasteiger partial charge >= 0.3 is 0 Å². The van der Waals surface area contributed by atoms with Gasteiger partial charge in [0.15, 0.2) is 0 Å². The fourth-order valence-electron chi connectivity index (χ4n) is 2.31. The van der Waals surface area contributed by atoms with Crippen molar-refractivity contribution in [2.24, 2.45) is 0 Å². The fraction of sp³-hybridized carbons (Fsp3) is 0.200. The Balaban J connectivity index is 2.26. The Morgan fingerprint density at radius 3 is 2.81 bits per heavy atom. The van der Waals surface area contributed by atoms with Gasteiger partial charge in [-0.3, -0.25) is 10.1 Å². The molecule has 4 nitrogen and oxygen atoms in total. The van der Waals surface area contributed by atoms with Gasteiger partial charge in [-0.2, -0.15) is 5.10 Å². The molecule has 0 aliphatic carbocycles. The van der Waals surface area contributed by atoms with Gasteiger partial charge in [-0.15, -0.1) is 0 Å². The molecule has 0 saturated carbocycles. The zero-order valence-electron chi connectivity index (χ0n) is 11.1. The third-order valence-corrected chi connectivity index (χ3v) is 4.12. The second kappa shape index (κ2) is 6.02. The van der Waals surface area contributed by atoms with Crippen LogP contribution in [0.4, 0.5) is 0 Å². The molecule has 0 aliphatic rings. The van der Waals surface area contributed by atoms with Crippen LogP contribution >= 0.6 is 23.2 Å². The highest BCUT2D eigenvalue weighted by Gasteiger charge is 2.13. The van der Waals surface area contributed by atoms with Crippen LogP contribution in [-0.4, -0.2) is 26.9 Å². The van der Waals surface area contributed by atoms with E-state index in [0.29, 0.717) is 28.4 Å². The van der Waals surface area contributed by atoms with Crippen molar-refractivity contribution < 1.29 is 5.11 Å². The van der Waals surface area contributed by atoms with Crippen molar-refractivity contribution in [2.75, 3.05) is 6.61 Å². The number of aryl methyl sites for hydroxylation is 1. The number of pyridine rings is 1. The first-order chi connectivity index (χ1) is 10.2. The van der Waals surface area contributed by atoms with Crippen molar-refractivity contribution in [1.82, 2.24) is 15.2 Å². The van der Waals surface area contributed by atoms with E-state index in [0.717, 1.165) is 22.2 Å². The molecule has 1 aromatic carbocycles. The summed E-state index contributed by atoms with van der Waals surface area (Å²) in [5.41, 5.74) is 3.51. The predicted octanol–water partition coefficient (Wildman–Crippen LogP) is 3.86. The summed E-state index contributed by atoms with van der Waals surface area (Å²) in [5.74, 6) is 0. The summed E-state index contributed by atoms with van der Waals surface area (Å²) in [7, 11) is 0.